The molecule has 0 bridgehead atoms. The Balaban J connectivity index is 2.93. The molecule has 0 radical (unpaired) electrons. The highest BCUT2D eigenvalue weighted by Crippen LogP contribution is 2.20. The number of nitrogen functional groups attached to an aromatic ring is 1. The molecule has 4 nitrogen and oxygen atoms in total. The Hall–Kier alpha value is -0.940. The largest absolute Gasteiger partial charge is 0.461 e. The molecule has 17 heavy (non-hydrogen) atoms. The number of carbonyl (C=O) groups is 1. The van der Waals surface area contributed by atoms with Gasteiger partial charge in [-0.15, -0.1) is 0 Å². The average Bonchev–Trinajstić information content (AvgIpc) is 2.32. The summed E-state index contributed by atoms with van der Waals surface area (Å²) in [5, 5.41) is 8.83. The Bertz CT molecular complexity index is 471. The molecule has 0 aliphatic rings. The minimum atomic E-state index is -0.479. The van der Waals surface area contributed by atoms with Crippen molar-refractivity contribution in [3.8, 4) is 6.07 Å². The molecule has 0 aliphatic carbocycles. The fourth-order valence-corrected chi connectivity index (χ4v) is 1.96. The molecule has 0 saturated heterocycles. The number of hydrogen-bond donors (Lipinski definition) is 1. The number of hydrogen-bond acceptors (Lipinski definition) is 5. The number of nitrogens with two attached hydrogens (primary N) is 1. The minimum Gasteiger partial charge on any atom is -0.461 e. The Morgan fingerprint density at radius 2 is 2.35 bits per heavy atom. The van der Waals surface area contributed by atoms with Crippen LogP contribution in [0.3, 0.4) is 0 Å². The Morgan fingerprint density at radius 3 is 2.94 bits per heavy atom. The number of ether oxygens (including phenoxy) is 1. The van der Waals surface area contributed by atoms with E-state index >= 15 is 0 Å². The Morgan fingerprint density at radius 1 is 1.65 bits per heavy atom. The summed E-state index contributed by atoms with van der Waals surface area (Å²) in [6.07, 6.45) is 0. The fraction of sp³-hybridized carbons (Fsp3) is 0.273. The van der Waals surface area contributed by atoms with E-state index in [0.29, 0.717) is 23.4 Å². The van der Waals surface area contributed by atoms with Gasteiger partial charge in [0.15, 0.2) is 0 Å². The summed E-state index contributed by atoms with van der Waals surface area (Å²) in [5.41, 5.74) is 7.55. The van der Waals surface area contributed by atoms with Gasteiger partial charge in [-0.3, -0.25) is 0 Å². The van der Waals surface area contributed by atoms with Crippen molar-refractivity contribution >= 4 is 41.8 Å². The van der Waals surface area contributed by atoms with E-state index in [0.717, 1.165) is 5.75 Å². The number of halogens is 1. The molecule has 1 aromatic rings. The molecule has 0 aliphatic heterocycles. The smallest absolute Gasteiger partial charge is 0.340 e. The van der Waals surface area contributed by atoms with Crippen LogP contribution in [0.25, 0.3) is 0 Å². The van der Waals surface area contributed by atoms with Gasteiger partial charge in [-0.05, 0) is 45.8 Å². The molecule has 1 aromatic carbocycles. The van der Waals surface area contributed by atoms with Crippen LogP contribution in [-0.4, -0.2) is 18.3 Å². The molecule has 0 saturated carbocycles. The van der Waals surface area contributed by atoms with Crippen molar-refractivity contribution in [1.29, 1.82) is 5.26 Å². The van der Waals surface area contributed by atoms with Gasteiger partial charge in [-0.25, -0.2) is 4.79 Å². The van der Waals surface area contributed by atoms with Crippen molar-refractivity contribution < 1.29 is 9.53 Å². The van der Waals surface area contributed by atoms with Crippen molar-refractivity contribution in [3.05, 3.63) is 28.8 Å². The summed E-state index contributed by atoms with van der Waals surface area (Å²) in [7, 11) is 1.56. The second-order valence-electron chi connectivity index (χ2n) is 3.32. The maximum absolute atomic E-state index is 11.7. The highest BCUT2D eigenvalue weighted by atomic mass is 127. The third-order valence-corrected chi connectivity index (χ3v) is 3.77. The number of carbonyl (C=O) groups excluding carboxylic acids is 1. The second-order valence-corrected chi connectivity index (χ2v) is 5.81. The fourth-order valence-electron chi connectivity index (χ4n) is 1.28. The van der Waals surface area contributed by atoms with Crippen LogP contribution in [0.4, 0.5) is 5.69 Å². The molecule has 6 heteroatoms. The summed E-state index contributed by atoms with van der Waals surface area (Å²) < 4.78 is 5.05. The van der Waals surface area contributed by atoms with Gasteiger partial charge < -0.3 is 10.5 Å². The lowest BCUT2D eigenvalue weighted by molar-refractivity contribution is 0.0531. The van der Waals surface area contributed by atoms with Gasteiger partial charge in [0.2, 0.25) is 0 Å². The van der Waals surface area contributed by atoms with E-state index in [4.69, 9.17) is 15.7 Å². The number of rotatable bonds is 4. The zero-order chi connectivity index (χ0) is 12.8. The summed E-state index contributed by atoms with van der Waals surface area (Å²) in [6.45, 7) is 2.09. The number of nitriles is 1. The predicted octanol–water partition coefficient (Wildman–Crippen LogP) is 2.69. The first-order valence-electron chi connectivity index (χ1n) is 4.81. The van der Waals surface area contributed by atoms with E-state index in [1.807, 2.05) is 6.07 Å². The topological polar surface area (TPSA) is 76.1 Å². The van der Waals surface area contributed by atoms with E-state index in [1.54, 1.807) is 21.9 Å². The quantitative estimate of drug-likeness (QED) is 0.386. The molecule has 0 heterocycles. The van der Waals surface area contributed by atoms with Crippen molar-refractivity contribution in [2.24, 2.45) is 0 Å². The predicted molar refractivity (Wildman–Crippen MR) is 77.1 cm³/mol. The van der Waals surface area contributed by atoms with Gasteiger partial charge in [0.25, 0.3) is 0 Å². The zero-order valence-electron chi connectivity index (χ0n) is 9.20. The molecule has 0 amide bonds. The molecule has 90 valence electrons. The lowest BCUT2D eigenvalue weighted by Crippen LogP contribution is -2.11. The van der Waals surface area contributed by atoms with Crippen LogP contribution in [0.5, 0.6) is 0 Å². The molecule has 0 aromatic heterocycles. The molecule has 0 fully saturated rings. The summed E-state index contributed by atoms with van der Waals surface area (Å²) in [6, 6.07) is 5.09. The zero-order valence-corrected chi connectivity index (χ0v) is 12.2. The van der Waals surface area contributed by atoms with Crippen molar-refractivity contribution in [3.63, 3.8) is 0 Å². The first-order valence-corrected chi connectivity index (χ1v) is 8.34. The van der Waals surface area contributed by atoms with Gasteiger partial charge in [0.05, 0.1) is 17.2 Å². The number of esters is 1. The van der Waals surface area contributed by atoms with Crippen LogP contribution in [0, 0.1) is 18.3 Å². The van der Waals surface area contributed by atoms with Crippen molar-refractivity contribution in [1.82, 2.24) is 0 Å². The average molecular weight is 362 g/mol. The lowest BCUT2D eigenvalue weighted by Gasteiger charge is -2.08. The van der Waals surface area contributed by atoms with Crippen LogP contribution >= 0.6 is 30.1 Å². The highest BCUT2D eigenvalue weighted by Gasteiger charge is 2.14. The van der Waals surface area contributed by atoms with E-state index in [2.05, 4.69) is 21.2 Å². The third kappa shape index (κ3) is 3.78. The molecule has 1 rings (SSSR count). The Kier molecular flexibility index (Phi) is 5.58. The summed E-state index contributed by atoms with van der Waals surface area (Å²) >= 11 is 2.13. The van der Waals surface area contributed by atoms with Crippen molar-refractivity contribution in [2.45, 2.75) is 6.92 Å². The van der Waals surface area contributed by atoms with E-state index in [-0.39, 0.29) is 5.56 Å². The van der Waals surface area contributed by atoms with Gasteiger partial charge in [0, 0.05) is 11.4 Å². The minimum absolute atomic E-state index is 0.264. The Labute approximate surface area is 116 Å². The summed E-state index contributed by atoms with van der Waals surface area (Å²) in [4.78, 5) is 11.7. The highest BCUT2D eigenvalue weighted by molar-refractivity contribution is 14.2. The molecule has 2 N–H and O–H groups in total. The first-order chi connectivity index (χ1) is 8.10. The van der Waals surface area contributed by atoms with Gasteiger partial charge >= 0.3 is 5.97 Å². The third-order valence-electron chi connectivity index (χ3n) is 2.13. The van der Waals surface area contributed by atoms with Crippen LogP contribution < -0.4 is 5.73 Å². The van der Waals surface area contributed by atoms with Crippen LogP contribution in [0.2, 0.25) is 0 Å². The second kappa shape index (κ2) is 6.71. The van der Waals surface area contributed by atoms with Crippen molar-refractivity contribution in [2.75, 3.05) is 18.1 Å². The molecular formula is C11H11IN2O2S. The lowest BCUT2D eigenvalue weighted by atomic mass is 10.0. The van der Waals surface area contributed by atoms with Gasteiger partial charge in [0.1, 0.15) is 6.61 Å². The van der Waals surface area contributed by atoms with Gasteiger partial charge in [-0.2, -0.15) is 5.26 Å². The van der Waals surface area contributed by atoms with E-state index in [1.165, 1.54) is 6.07 Å². The SMILES string of the molecule is Cc1cc(C#N)cc(C(=O)OCCSI)c1N. The van der Waals surface area contributed by atoms with Crippen LogP contribution in [0.15, 0.2) is 12.1 Å². The van der Waals surface area contributed by atoms with E-state index in [9.17, 15) is 4.79 Å². The number of nitrogens with zero attached hydrogens (tertiary/aromatic N) is 1. The maximum Gasteiger partial charge on any atom is 0.340 e. The molecule has 0 spiro atoms. The monoisotopic (exact) mass is 362 g/mol. The summed E-state index contributed by atoms with van der Waals surface area (Å²) in [5.74, 6) is 0.247. The van der Waals surface area contributed by atoms with Crippen LogP contribution in [0.1, 0.15) is 21.5 Å². The standard InChI is InChI=1S/C11H11IN2O2S/c1-7-4-8(6-13)5-9(10(7)14)11(15)16-2-3-17-12/h4-5H,2-3,14H2,1H3. The van der Waals surface area contributed by atoms with Crippen LogP contribution in [-0.2, 0) is 4.74 Å². The number of anilines is 1. The maximum atomic E-state index is 11.7. The van der Waals surface area contributed by atoms with Gasteiger partial charge in [-0.1, -0.05) is 8.93 Å². The first kappa shape index (κ1) is 14.1. The normalized spacial score (nSPS) is 9.71. The molecule has 0 atom stereocenters. The number of aryl methyl sites for hydroxylation is 1. The molecular weight excluding hydrogens is 351 g/mol. The number of benzene rings is 1. The van der Waals surface area contributed by atoms with E-state index < -0.39 is 5.97 Å². The molecule has 0 unspecified atom stereocenters.